The molecule has 2 amide bonds. The maximum Gasteiger partial charge on any atom is 0.317 e. The highest BCUT2D eigenvalue weighted by Crippen LogP contribution is 2.36. The monoisotopic (exact) mass is 405 g/mol. The molecule has 0 spiro atoms. The van der Waals surface area contributed by atoms with E-state index in [1.54, 1.807) is 7.11 Å². The molecule has 1 aromatic heterocycles. The molecule has 1 aliphatic rings. The van der Waals surface area contributed by atoms with Crippen molar-refractivity contribution in [1.29, 1.82) is 0 Å². The van der Waals surface area contributed by atoms with Crippen LogP contribution in [0.5, 0.6) is 11.5 Å². The summed E-state index contributed by atoms with van der Waals surface area (Å²) in [7, 11) is 1.69. The standard InChI is InChI=1S/C24H27N3O3/c1-3-25-24(28)27-14-12-19(13-15-27)30-18-10-8-17(9-11-18)21-16-26-22-7-5-4-6-20(22)23(21)29-2/h4-11,16,19H,3,12-15H2,1-2H3,(H,25,28). The minimum atomic E-state index is 0.0123. The quantitative estimate of drug-likeness (QED) is 0.680. The molecule has 6 heteroatoms. The Morgan fingerprint density at radius 1 is 1.13 bits per heavy atom. The average molecular weight is 405 g/mol. The van der Waals surface area contributed by atoms with Crippen LogP contribution in [0.25, 0.3) is 22.0 Å². The van der Waals surface area contributed by atoms with Crippen LogP contribution in [0.1, 0.15) is 19.8 Å². The lowest BCUT2D eigenvalue weighted by Crippen LogP contribution is -2.46. The molecule has 0 radical (unpaired) electrons. The molecule has 4 rings (SSSR count). The van der Waals surface area contributed by atoms with Crippen molar-refractivity contribution in [2.45, 2.75) is 25.9 Å². The Morgan fingerprint density at radius 3 is 2.57 bits per heavy atom. The van der Waals surface area contributed by atoms with Crippen molar-refractivity contribution in [3.63, 3.8) is 0 Å². The average Bonchev–Trinajstić information content (AvgIpc) is 2.79. The molecule has 3 aromatic rings. The molecule has 0 aliphatic carbocycles. The van der Waals surface area contributed by atoms with Gasteiger partial charge in [-0.25, -0.2) is 4.79 Å². The third-order valence-corrected chi connectivity index (χ3v) is 5.46. The van der Waals surface area contributed by atoms with Crippen molar-refractivity contribution in [3.05, 3.63) is 54.7 Å². The van der Waals surface area contributed by atoms with Gasteiger partial charge in [0.25, 0.3) is 0 Å². The fourth-order valence-corrected chi connectivity index (χ4v) is 3.89. The van der Waals surface area contributed by atoms with Gasteiger partial charge in [0.2, 0.25) is 0 Å². The first-order valence-electron chi connectivity index (χ1n) is 10.4. The molecule has 0 atom stereocenters. The summed E-state index contributed by atoms with van der Waals surface area (Å²) in [4.78, 5) is 18.3. The minimum Gasteiger partial charge on any atom is -0.495 e. The third kappa shape index (κ3) is 4.17. The van der Waals surface area contributed by atoms with Crippen molar-refractivity contribution in [2.24, 2.45) is 0 Å². The van der Waals surface area contributed by atoms with Crippen molar-refractivity contribution < 1.29 is 14.3 Å². The number of benzene rings is 2. The molecule has 1 aliphatic heterocycles. The number of hydrogen-bond donors (Lipinski definition) is 1. The first-order chi connectivity index (χ1) is 14.7. The Bertz CT molecular complexity index is 1010. The maximum absolute atomic E-state index is 11.9. The molecular weight excluding hydrogens is 378 g/mol. The topological polar surface area (TPSA) is 63.7 Å². The second-order valence-electron chi connectivity index (χ2n) is 7.39. The fraction of sp³-hybridized carbons (Fsp3) is 0.333. The number of ether oxygens (including phenoxy) is 2. The second-order valence-corrected chi connectivity index (χ2v) is 7.39. The van der Waals surface area contributed by atoms with Crippen molar-refractivity contribution in [2.75, 3.05) is 26.7 Å². The van der Waals surface area contributed by atoms with E-state index in [1.165, 1.54) is 0 Å². The lowest BCUT2D eigenvalue weighted by molar-refractivity contribution is 0.111. The SMILES string of the molecule is CCNC(=O)N1CCC(Oc2ccc(-c3cnc4ccccc4c3OC)cc2)CC1. The Kier molecular flexibility index (Phi) is 6.02. The summed E-state index contributed by atoms with van der Waals surface area (Å²) in [6.45, 7) is 4.02. The number of methoxy groups -OCH3 is 1. The number of likely N-dealkylation sites (tertiary alicyclic amines) is 1. The summed E-state index contributed by atoms with van der Waals surface area (Å²) in [6.07, 6.45) is 3.65. The number of carbonyl (C=O) groups excluding carboxylic acids is 1. The lowest BCUT2D eigenvalue weighted by atomic mass is 10.0. The van der Waals surface area contributed by atoms with E-state index >= 15 is 0 Å². The van der Waals surface area contributed by atoms with Gasteiger partial charge < -0.3 is 19.7 Å². The van der Waals surface area contributed by atoms with Crippen LogP contribution in [-0.4, -0.2) is 48.8 Å². The van der Waals surface area contributed by atoms with Gasteiger partial charge in [-0.1, -0.05) is 24.3 Å². The van der Waals surface area contributed by atoms with Crippen molar-refractivity contribution >= 4 is 16.9 Å². The van der Waals surface area contributed by atoms with E-state index in [9.17, 15) is 4.79 Å². The number of carbonyl (C=O) groups is 1. The zero-order chi connectivity index (χ0) is 20.9. The predicted molar refractivity (Wildman–Crippen MR) is 118 cm³/mol. The summed E-state index contributed by atoms with van der Waals surface area (Å²) in [5, 5.41) is 3.85. The number of nitrogens with zero attached hydrogens (tertiary/aromatic N) is 2. The van der Waals surface area contributed by atoms with Crippen molar-refractivity contribution in [1.82, 2.24) is 15.2 Å². The predicted octanol–water partition coefficient (Wildman–Crippen LogP) is 4.48. The molecule has 2 aromatic carbocycles. The van der Waals surface area contributed by atoms with Gasteiger partial charge in [0.1, 0.15) is 17.6 Å². The van der Waals surface area contributed by atoms with Crippen LogP contribution in [0.4, 0.5) is 4.79 Å². The van der Waals surface area contributed by atoms with E-state index in [0.29, 0.717) is 19.6 Å². The van der Waals surface area contributed by atoms with Gasteiger partial charge in [0, 0.05) is 49.6 Å². The number of amides is 2. The molecule has 6 nitrogen and oxygen atoms in total. The van der Waals surface area contributed by atoms with Crippen LogP contribution in [0.3, 0.4) is 0 Å². The normalized spacial score (nSPS) is 14.5. The summed E-state index contributed by atoms with van der Waals surface area (Å²) in [5.41, 5.74) is 2.90. The van der Waals surface area contributed by atoms with Crippen LogP contribution >= 0.6 is 0 Å². The van der Waals surface area contributed by atoms with E-state index in [1.807, 2.05) is 66.6 Å². The third-order valence-electron chi connectivity index (χ3n) is 5.46. The van der Waals surface area contributed by atoms with Crippen LogP contribution in [0.2, 0.25) is 0 Å². The van der Waals surface area contributed by atoms with Gasteiger partial charge in [-0.2, -0.15) is 0 Å². The molecule has 1 fully saturated rings. The Labute approximate surface area is 176 Å². The van der Waals surface area contributed by atoms with E-state index in [2.05, 4.69) is 10.3 Å². The molecule has 1 saturated heterocycles. The van der Waals surface area contributed by atoms with Crippen LogP contribution < -0.4 is 14.8 Å². The van der Waals surface area contributed by atoms with Gasteiger partial charge in [-0.15, -0.1) is 0 Å². The molecule has 2 heterocycles. The lowest BCUT2D eigenvalue weighted by Gasteiger charge is -2.32. The van der Waals surface area contributed by atoms with Gasteiger partial charge in [-0.05, 0) is 36.8 Å². The zero-order valence-electron chi connectivity index (χ0n) is 17.4. The Morgan fingerprint density at radius 2 is 1.87 bits per heavy atom. The second kappa shape index (κ2) is 9.03. The van der Waals surface area contributed by atoms with Crippen LogP contribution in [0.15, 0.2) is 54.7 Å². The highest BCUT2D eigenvalue weighted by Gasteiger charge is 2.23. The highest BCUT2D eigenvalue weighted by molar-refractivity contribution is 5.92. The number of fused-ring (bicyclic) bond motifs is 1. The van der Waals surface area contributed by atoms with Gasteiger partial charge in [0.05, 0.1) is 12.6 Å². The number of pyridine rings is 1. The number of hydrogen-bond acceptors (Lipinski definition) is 4. The van der Waals surface area contributed by atoms with E-state index in [4.69, 9.17) is 9.47 Å². The molecule has 1 N–H and O–H groups in total. The van der Waals surface area contributed by atoms with Crippen LogP contribution in [0, 0.1) is 0 Å². The molecular formula is C24H27N3O3. The number of rotatable bonds is 5. The minimum absolute atomic E-state index is 0.0123. The number of para-hydroxylation sites is 1. The number of aromatic nitrogens is 1. The Balaban J connectivity index is 1.44. The number of nitrogens with one attached hydrogen (secondary N) is 1. The van der Waals surface area contributed by atoms with Gasteiger partial charge >= 0.3 is 6.03 Å². The molecule has 0 saturated carbocycles. The van der Waals surface area contributed by atoms with E-state index in [-0.39, 0.29) is 12.1 Å². The molecule has 0 unspecified atom stereocenters. The zero-order valence-corrected chi connectivity index (χ0v) is 17.4. The van der Waals surface area contributed by atoms with E-state index < -0.39 is 0 Å². The molecule has 30 heavy (non-hydrogen) atoms. The summed E-state index contributed by atoms with van der Waals surface area (Å²) >= 11 is 0. The summed E-state index contributed by atoms with van der Waals surface area (Å²) in [5.74, 6) is 1.66. The molecule has 0 bridgehead atoms. The maximum atomic E-state index is 11.9. The van der Waals surface area contributed by atoms with Crippen LogP contribution in [-0.2, 0) is 0 Å². The van der Waals surface area contributed by atoms with E-state index in [0.717, 1.165) is 46.4 Å². The van der Waals surface area contributed by atoms with Gasteiger partial charge in [-0.3, -0.25) is 4.98 Å². The largest absolute Gasteiger partial charge is 0.495 e. The summed E-state index contributed by atoms with van der Waals surface area (Å²) in [6, 6.07) is 16.0. The fourth-order valence-electron chi connectivity index (χ4n) is 3.89. The smallest absolute Gasteiger partial charge is 0.317 e. The highest BCUT2D eigenvalue weighted by atomic mass is 16.5. The summed E-state index contributed by atoms with van der Waals surface area (Å²) < 4.78 is 11.9. The first kappa shape index (κ1) is 20.0. The molecule has 156 valence electrons. The Hall–Kier alpha value is -3.28. The van der Waals surface area contributed by atoms with Gasteiger partial charge in [0.15, 0.2) is 0 Å². The number of urea groups is 1. The number of piperidine rings is 1. The van der Waals surface area contributed by atoms with Crippen molar-refractivity contribution in [3.8, 4) is 22.6 Å². The first-order valence-corrected chi connectivity index (χ1v) is 10.4.